The fourth-order valence-corrected chi connectivity index (χ4v) is 0.704. The minimum atomic E-state index is -1.16. The first-order valence-corrected chi connectivity index (χ1v) is 3.60. The predicted molar refractivity (Wildman–Crippen MR) is 40.3 cm³/mol. The lowest BCUT2D eigenvalue weighted by Crippen LogP contribution is -2.34. The van der Waals surface area contributed by atoms with Crippen molar-refractivity contribution in [2.24, 2.45) is 0 Å². The Morgan fingerprint density at radius 1 is 1.45 bits per heavy atom. The van der Waals surface area contributed by atoms with Crippen LogP contribution in [0, 0.1) is 0 Å². The third kappa shape index (κ3) is 3.60. The van der Waals surface area contributed by atoms with E-state index in [0.717, 1.165) is 17.7 Å². The lowest BCUT2D eigenvalue weighted by atomic mass is 10.3. The number of hydrogen-bond donors (Lipinski definition) is 1. The first-order chi connectivity index (χ1) is 5.09. The molecule has 4 nitrogen and oxygen atoms in total. The van der Waals surface area contributed by atoms with Gasteiger partial charge in [0.15, 0.2) is 0 Å². The lowest BCUT2D eigenvalue weighted by molar-refractivity contribution is -0.126. The van der Waals surface area contributed by atoms with Gasteiger partial charge in [-0.25, -0.2) is 9.69 Å². The number of unbranched alkanes of at least 4 members (excludes halogenated alkanes) is 1. The molecule has 0 aliphatic rings. The second-order valence-electron chi connectivity index (χ2n) is 2.31. The minimum absolute atomic E-state index is 0.307. The zero-order valence-corrected chi connectivity index (χ0v) is 6.83. The van der Waals surface area contributed by atoms with Crippen molar-refractivity contribution in [3.8, 4) is 0 Å². The summed E-state index contributed by atoms with van der Waals surface area (Å²) in [4.78, 5) is 21.8. The van der Waals surface area contributed by atoms with Crippen LogP contribution in [0.4, 0.5) is 4.79 Å². The molecule has 0 saturated heterocycles. The third-order valence-corrected chi connectivity index (χ3v) is 1.35. The molecule has 11 heavy (non-hydrogen) atoms. The number of amides is 2. The summed E-state index contributed by atoms with van der Waals surface area (Å²) < 4.78 is 0. The van der Waals surface area contributed by atoms with E-state index in [1.54, 1.807) is 0 Å². The van der Waals surface area contributed by atoms with Crippen LogP contribution in [0.15, 0.2) is 0 Å². The molecule has 0 bridgehead atoms. The van der Waals surface area contributed by atoms with Crippen LogP contribution < -0.4 is 0 Å². The highest BCUT2D eigenvalue weighted by atomic mass is 16.4. The number of nitrogens with zero attached hydrogens (tertiary/aromatic N) is 1. The Morgan fingerprint density at radius 2 is 2.00 bits per heavy atom. The lowest BCUT2D eigenvalue weighted by Gasteiger charge is -2.13. The second kappa shape index (κ2) is 4.71. The minimum Gasteiger partial charge on any atom is -0.465 e. The van der Waals surface area contributed by atoms with Crippen molar-refractivity contribution in [1.82, 2.24) is 4.90 Å². The summed E-state index contributed by atoms with van der Waals surface area (Å²) in [5.41, 5.74) is 0. The maximum Gasteiger partial charge on any atom is 0.414 e. The highest BCUT2D eigenvalue weighted by molar-refractivity contribution is 5.89. The number of imide groups is 1. The molecule has 2 amide bonds. The SMILES string of the molecule is CCCCN(C(C)=O)C(=O)O. The molecule has 64 valence electrons. The fourth-order valence-electron chi connectivity index (χ4n) is 0.704. The summed E-state index contributed by atoms with van der Waals surface area (Å²) in [7, 11) is 0. The molecule has 0 atom stereocenters. The number of carbonyl (C=O) groups is 2. The van der Waals surface area contributed by atoms with Crippen LogP contribution in [0.3, 0.4) is 0 Å². The largest absolute Gasteiger partial charge is 0.465 e. The van der Waals surface area contributed by atoms with Crippen molar-refractivity contribution in [3.63, 3.8) is 0 Å². The van der Waals surface area contributed by atoms with E-state index in [1.807, 2.05) is 6.92 Å². The van der Waals surface area contributed by atoms with Gasteiger partial charge in [0, 0.05) is 13.5 Å². The standard InChI is InChI=1S/C7H13NO3/c1-3-4-5-8(6(2)9)7(10)11/h3-5H2,1-2H3,(H,10,11). The van der Waals surface area contributed by atoms with Crippen molar-refractivity contribution in [3.05, 3.63) is 0 Å². The van der Waals surface area contributed by atoms with Crippen LogP contribution in [0.5, 0.6) is 0 Å². The van der Waals surface area contributed by atoms with Crippen molar-refractivity contribution in [2.75, 3.05) is 6.54 Å². The van der Waals surface area contributed by atoms with Gasteiger partial charge in [0.2, 0.25) is 5.91 Å². The van der Waals surface area contributed by atoms with Gasteiger partial charge in [-0.05, 0) is 6.42 Å². The zero-order valence-electron chi connectivity index (χ0n) is 6.83. The van der Waals surface area contributed by atoms with Gasteiger partial charge in [0.05, 0.1) is 0 Å². The Hall–Kier alpha value is -1.06. The Balaban J connectivity index is 3.90. The van der Waals surface area contributed by atoms with Crippen molar-refractivity contribution in [2.45, 2.75) is 26.7 Å². The van der Waals surface area contributed by atoms with E-state index < -0.39 is 12.0 Å². The first-order valence-electron chi connectivity index (χ1n) is 3.60. The molecule has 0 unspecified atom stereocenters. The molecule has 0 heterocycles. The van der Waals surface area contributed by atoms with Crippen LogP contribution in [0.25, 0.3) is 0 Å². The van der Waals surface area contributed by atoms with E-state index >= 15 is 0 Å². The molecule has 0 rings (SSSR count). The maximum atomic E-state index is 10.6. The fraction of sp³-hybridized carbons (Fsp3) is 0.714. The summed E-state index contributed by atoms with van der Waals surface area (Å²) in [6, 6.07) is 0. The summed E-state index contributed by atoms with van der Waals surface area (Å²) in [5.74, 6) is -0.411. The van der Waals surface area contributed by atoms with E-state index in [9.17, 15) is 9.59 Å². The van der Waals surface area contributed by atoms with Gasteiger partial charge < -0.3 is 5.11 Å². The van der Waals surface area contributed by atoms with Crippen molar-refractivity contribution < 1.29 is 14.7 Å². The van der Waals surface area contributed by atoms with Crippen molar-refractivity contribution in [1.29, 1.82) is 0 Å². The number of carbonyl (C=O) groups excluding carboxylic acids is 1. The van der Waals surface area contributed by atoms with E-state index in [2.05, 4.69) is 0 Å². The van der Waals surface area contributed by atoms with Crippen LogP contribution in [-0.2, 0) is 4.79 Å². The molecule has 0 aliphatic heterocycles. The first kappa shape index (κ1) is 9.94. The van der Waals surface area contributed by atoms with E-state index in [0.29, 0.717) is 6.54 Å². The highest BCUT2D eigenvalue weighted by Gasteiger charge is 2.14. The van der Waals surface area contributed by atoms with Gasteiger partial charge in [0.1, 0.15) is 0 Å². The topological polar surface area (TPSA) is 57.6 Å². The van der Waals surface area contributed by atoms with Gasteiger partial charge in [0.25, 0.3) is 0 Å². The van der Waals surface area contributed by atoms with Crippen LogP contribution in [0.2, 0.25) is 0 Å². The number of rotatable bonds is 3. The van der Waals surface area contributed by atoms with Crippen LogP contribution in [0.1, 0.15) is 26.7 Å². The molecule has 0 aromatic rings. The molecule has 0 aromatic carbocycles. The average Bonchev–Trinajstić information content (AvgIpc) is 1.87. The zero-order chi connectivity index (χ0) is 8.85. The summed E-state index contributed by atoms with van der Waals surface area (Å²) in [6.45, 7) is 3.51. The summed E-state index contributed by atoms with van der Waals surface area (Å²) in [6.07, 6.45) is 0.453. The van der Waals surface area contributed by atoms with Gasteiger partial charge in [-0.15, -0.1) is 0 Å². The van der Waals surface area contributed by atoms with Crippen LogP contribution >= 0.6 is 0 Å². The quantitative estimate of drug-likeness (QED) is 0.675. The molecule has 0 saturated carbocycles. The smallest absolute Gasteiger partial charge is 0.414 e. The molecule has 1 N–H and O–H groups in total. The van der Waals surface area contributed by atoms with E-state index in [1.165, 1.54) is 6.92 Å². The molecule has 0 aromatic heterocycles. The highest BCUT2D eigenvalue weighted by Crippen LogP contribution is 1.95. The normalized spacial score (nSPS) is 9.27. The van der Waals surface area contributed by atoms with Crippen molar-refractivity contribution >= 4 is 12.0 Å². The molecule has 4 heteroatoms. The maximum absolute atomic E-state index is 10.6. The number of hydrogen-bond acceptors (Lipinski definition) is 2. The summed E-state index contributed by atoms with van der Waals surface area (Å²) >= 11 is 0. The molecule has 0 radical (unpaired) electrons. The molecule has 0 aliphatic carbocycles. The Kier molecular flexibility index (Phi) is 4.26. The van der Waals surface area contributed by atoms with Gasteiger partial charge >= 0.3 is 6.09 Å². The van der Waals surface area contributed by atoms with E-state index in [-0.39, 0.29) is 0 Å². The molecular weight excluding hydrogens is 146 g/mol. The number of carboxylic acid groups (broad SMARTS) is 1. The molecule has 0 fully saturated rings. The summed E-state index contributed by atoms with van der Waals surface area (Å²) in [5, 5.41) is 8.48. The third-order valence-electron chi connectivity index (χ3n) is 1.35. The predicted octanol–water partition coefficient (Wildman–Crippen LogP) is 1.31. The molecule has 0 spiro atoms. The van der Waals surface area contributed by atoms with Crippen LogP contribution in [-0.4, -0.2) is 28.6 Å². The monoisotopic (exact) mass is 159 g/mol. The Morgan fingerprint density at radius 3 is 2.27 bits per heavy atom. The Labute approximate surface area is 65.8 Å². The van der Waals surface area contributed by atoms with Gasteiger partial charge in [-0.1, -0.05) is 13.3 Å². The van der Waals surface area contributed by atoms with Gasteiger partial charge in [-0.3, -0.25) is 4.79 Å². The van der Waals surface area contributed by atoms with Gasteiger partial charge in [-0.2, -0.15) is 0 Å². The molecular formula is C7H13NO3. The van der Waals surface area contributed by atoms with E-state index in [4.69, 9.17) is 5.11 Å². The average molecular weight is 159 g/mol. The second-order valence-corrected chi connectivity index (χ2v) is 2.31. The Bertz CT molecular complexity index is 142.